The monoisotopic (exact) mass is 300 g/mol. The standard InChI is InChI=1S/C13H8ClF3N2O/c14-10-5-6-11(18-7-10)19-12(20)8-1-3-9(4-2-8)13(15,16)17/h1-7H,(H,18,19,20). The smallest absolute Gasteiger partial charge is 0.307 e. The summed E-state index contributed by atoms with van der Waals surface area (Å²) in [5.74, 6) is -0.284. The summed E-state index contributed by atoms with van der Waals surface area (Å²) in [6.45, 7) is 0. The van der Waals surface area contributed by atoms with E-state index in [4.69, 9.17) is 11.6 Å². The second kappa shape index (κ2) is 5.50. The van der Waals surface area contributed by atoms with E-state index in [1.807, 2.05) is 0 Å². The molecule has 2 aromatic rings. The van der Waals surface area contributed by atoms with Gasteiger partial charge in [0.1, 0.15) is 5.82 Å². The van der Waals surface area contributed by atoms with Crippen LogP contribution in [0.15, 0.2) is 42.6 Å². The largest absolute Gasteiger partial charge is 0.416 e. The van der Waals surface area contributed by atoms with Gasteiger partial charge in [-0.15, -0.1) is 0 Å². The Morgan fingerprint density at radius 1 is 1.10 bits per heavy atom. The Bertz CT molecular complexity index is 609. The van der Waals surface area contributed by atoms with Crippen molar-refractivity contribution in [2.75, 3.05) is 5.32 Å². The van der Waals surface area contributed by atoms with E-state index >= 15 is 0 Å². The van der Waals surface area contributed by atoms with Gasteiger partial charge in [0, 0.05) is 11.8 Å². The molecule has 0 bridgehead atoms. The van der Waals surface area contributed by atoms with Gasteiger partial charge in [0.05, 0.1) is 10.6 Å². The van der Waals surface area contributed by atoms with Crippen molar-refractivity contribution < 1.29 is 18.0 Å². The number of rotatable bonds is 2. The fraction of sp³-hybridized carbons (Fsp3) is 0.0769. The van der Waals surface area contributed by atoms with Crippen LogP contribution < -0.4 is 5.32 Å². The van der Waals surface area contributed by atoms with Crippen LogP contribution in [-0.2, 0) is 6.18 Å². The molecule has 20 heavy (non-hydrogen) atoms. The van der Waals surface area contributed by atoms with Crippen LogP contribution in [0.1, 0.15) is 15.9 Å². The van der Waals surface area contributed by atoms with Crippen LogP contribution in [0.3, 0.4) is 0 Å². The Kier molecular flexibility index (Phi) is 3.94. The van der Waals surface area contributed by atoms with Crippen molar-refractivity contribution in [3.63, 3.8) is 0 Å². The number of alkyl halides is 3. The molecule has 2 rings (SSSR count). The van der Waals surface area contributed by atoms with E-state index in [1.165, 1.54) is 18.3 Å². The Morgan fingerprint density at radius 2 is 1.75 bits per heavy atom. The van der Waals surface area contributed by atoms with Crippen LogP contribution in [0.25, 0.3) is 0 Å². The molecule has 7 heteroatoms. The van der Waals surface area contributed by atoms with Crippen LogP contribution in [0.5, 0.6) is 0 Å². The molecule has 1 N–H and O–H groups in total. The quantitative estimate of drug-likeness (QED) is 0.910. The van der Waals surface area contributed by atoms with E-state index in [2.05, 4.69) is 10.3 Å². The Hall–Kier alpha value is -2.08. The summed E-state index contributed by atoms with van der Waals surface area (Å²) in [7, 11) is 0. The normalized spacial score (nSPS) is 11.2. The molecule has 0 atom stereocenters. The molecule has 1 aromatic heterocycles. The number of hydrogen-bond acceptors (Lipinski definition) is 2. The van der Waals surface area contributed by atoms with Crippen LogP contribution in [0.4, 0.5) is 19.0 Å². The van der Waals surface area contributed by atoms with Crippen molar-refractivity contribution >= 4 is 23.3 Å². The topological polar surface area (TPSA) is 42.0 Å². The number of amides is 1. The van der Waals surface area contributed by atoms with E-state index in [0.29, 0.717) is 5.02 Å². The first-order valence-electron chi connectivity index (χ1n) is 5.46. The number of carbonyl (C=O) groups excluding carboxylic acids is 1. The summed E-state index contributed by atoms with van der Waals surface area (Å²) in [6.07, 6.45) is -3.07. The Balaban J connectivity index is 2.11. The SMILES string of the molecule is O=C(Nc1ccc(Cl)cn1)c1ccc(C(F)(F)F)cc1. The number of aromatic nitrogens is 1. The summed E-state index contributed by atoms with van der Waals surface area (Å²) in [6, 6.07) is 6.94. The lowest BCUT2D eigenvalue weighted by Gasteiger charge is -2.08. The van der Waals surface area contributed by atoms with Crippen molar-refractivity contribution in [2.24, 2.45) is 0 Å². The molecule has 104 valence electrons. The molecule has 0 aliphatic carbocycles. The molecule has 0 radical (unpaired) electrons. The number of benzene rings is 1. The van der Waals surface area contributed by atoms with Crippen molar-refractivity contribution in [1.29, 1.82) is 0 Å². The number of pyridine rings is 1. The first-order chi connectivity index (χ1) is 9.36. The zero-order valence-corrected chi connectivity index (χ0v) is 10.7. The first kappa shape index (κ1) is 14.3. The number of hydrogen-bond donors (Lipinski definition) is 1. The summed E-state index contributed by atoms with van der Waals surface area (Å²) < 4.78 is 37.1. The lowest BCUT2D eigenvalue weighted by atomic mass is 10.1. The Labute approximate surface area is 117 Å². The van der Waals surface area contributed by atoms with Crippen molar-refractivity contribution in [3.05, 3.63) is 58.7 Å². The van der Waals surface area contributed by atoms with Gasteiger partial charge in [-0.25, -0.2) is 4.98 Å². The van der Waals surface area contributed by atoms with E-state index < -0.39 is 17.6 Å². The summed E-state index contributed by atoms with van der Waals surface area (Å²) >= 11 is 5.64. The highest BCUT2D eigenvalue weighted by atomic mass is 35.5. The fourth-order valence-corrected chi connectivity index (χ4v) is 1.56. The molecule has 0 fully saturated rings. The van der Waals surface area contributed by atoms with Gasteiger partial charge in [-0.3, -0.25) is 4.79 Å². The second-order valence-electron chi connectivity index (χ2n) is 3.89. The highest BCUT2D eigenvalue weighted by molar-refractivity contribution is 6.30. The summed E-state index contributed by atoms with van der Waals surface area (Å²) in [4.78, 5) is 15.7. The van der Waals surface area contributed by atoms with Gasteiger partial charge in [-0.1, -0.05) is 11.6 Å². The lowest BCUT2D eigenvalue weighted by molar-refractivity contribution is -0.137. The zero-order chi connectivity index (χ0) is 14.8. The highest BCUT2D eigenvalue weighted by Gasteiger charge is 2.30. The average molecular weight is 301 g/mol. The molecule has 0 aliphatic heterocycles. The molecular weight excluding hydrogens is 293 g/mol. The number of nitrogens with one attached hydrogen (secondary N) is 1. The van der Waals surface area contributed by atoms with Gasteiger partial charge in [0.25, 0.3) is 5.91 Å². The maximum Gasteiger partial charge on any atom is 0.416 e. The summed E-state index contributed by atoms with van der Waals surface area (Å²) in [5.41, 5.74) is -0.701. The molecule has 3 nitrogen and oxygen atoms in total. The molecular formula is C13H8ClF3N2O. The van der Waals surface area contributed by atoms with Crippen LogP contribution >= 0.6 is 11.6 Å². The van der Waals surface area contributed by atoms with Crippen molar-refractivity contribution in [1.82, 2.24) is 4.98 Å². The number of halogens is 4. The predicted molar refractivity (Wildman–Crippen MR) is 68.6 cm³/mol. The molecule has 0 spiro atoms. The molecule has 1 aromatic carbocycles. The minimum atomic E-state index is -4.42. The van der Waals surface area contributed by atoms with Gasteiger partial charge in [0.15, 0.2) is 0 Å². The molecule has 1 amide bonds. The van der Waals surface area contributed by atoms with Gasteiger partial charge < -0.3 is 5.32 Å². The maximum absolute atomic E-state index is 12.4. The van der Waals surface area contributed by atoms with Gasteiger partial charge in [-0.2, -0.15) is 13.2 Å². The van der Waals surface area contributed by atoms with E-state index in [1.54, 1.807) is 0 Å². The van der Waals surface area contributed by atoms with Gasteiger partial charge in [0.2, 0.25) is 0 Å². The number of nitrogens with zero attached hydrogens (tertiary/aromatic N) is 1. The minimum absolute atomic E-state index is 0.106. The number of anilines is 1. The third kappa shape index (κ3) is 3.48. The minimum Gasteiger partial charge on any atom is -0.307 e. The average Bonchev–Trinajstić information content (AvgIpc) is 2.40. The van der Waals surface area contributed by atoms with Crippen LogP contribution in [0, 0.1) is 0 Å². The molecule has 1 heterocycles. The number of carbonyl (C=O) groups is 1. The molecule has 0 saturated carbocycles. The van der Waals surface area contributed by atoms with Crippen LogP contribution in [-0.4, -0.2) is 10.9 Å². The van der Waals surface area contributed by atoms with Gasteiger partial charge in [-0.05, 0) is 36.4 Å². The fourth-order valence-electron chi connectivity index (χ4n) is 1.45. The maximum atomic E-state index is 12.4. The van der Waals surface area contributed by atoms with Gasteiger partial charge >= 0.3 is 6.18 Å². The van der Waals surface area contributed by atoms with Crippen molar-refractivity contribution in [3.8, 4) is 0 Å². The third-order valence-electron chi connectivity index (χ3n) is 2.44. The first-order valence-corrected chi connectivity index (χ1v) is 5.84. The highest BCUT2D eigenvalue weighted by Crippen LogP contribution is 2.29. The molecule has 0 aliphatic rings. The molecule has 0 saturated heterocycles. The lowest BCUT2D eigenvalue weighted by Crippen LogP contribution is -2.13. The summed E-state index contributed by atoms with van der Waals surface area (Å²) in [5, 5.41) is 2.87. The third-order valence-corrected chi connectivity index (χ3v) is 2.67. The zero-order valence-electron chi connectivity index (χ0n) is 9.91. The molecule has 0 unspecified atom stereocenters. The van der Waals surface area contributed by atoms with Crippen LogP contribution in [0.2, 0.25) is 5.02 Å². The van der Waals surface area contributed by atoms with E-state index in [9.17, 15) is 18.0 Å². The second-order valence-corrected chi connectivity index (χ2v) is 4.33. The Morgan fingerprint density at radius 3 is 2.25 bits per heavy atom. The van der Waals surface area contributed by atoms with E-state index in [-0.39, 0.29) is 11.4 Å². The van der Waals surface area contributed by atoms with Crippen molar-refractivity contribution in [2.45, 2.75) is 6.18 Å². The predicted octanol–water partition coefficient (Wildman–Crippen LogP) is 4.01. The van der Waals surface area contributed by atoms with E-state index in [0.717, 1.165) is 24.3 Å².